The van der Waals surface area contributed by atoms with Crippen LogP contribution in [0.15, 0.2) is 35.5 Å². The summed E-state index contributed by atoms with van der Waals surface area (Å²) in [4.78, 5) is 11.8. The van der Waals surface area contributed by atoms with Crippen LogP contribution >= 0.6 is 0 Å². The molecule has 1 unspecified atom stereocenters. The quantitative estimate of drug-likeness (QED) is 0.772. The van der Waals surface area contributed by atoms with Gasteiger partial charge >= 0.3 is 0 Å². The monoisotopic (exact) mass is 323 g/mol. The largest absolute Gasteiger partial charge is 0.464 e. The zero-order valence-corrected chi connectivity index (χ0v) is 14.9. The van der Waals surface area contributed by atoms with Crippen LogP contribution in [0.25, 0.3) is 10.9 Å². The van der Waals surface area contributed by atoms with Gasteiger partial charge in [0.25, 0.3) is 0 Å². The first kappa shape index (κ1) is 15.6. The van der Waals surface area contributed by atoms with Crippen LogP contribution in [0.4, 0.5) is 5.69 Å². The van der Waals surface area contributed by atoms with Crippen LogP contribution in [-0.4, -0.2) is 34.4 Å². The first-order valence-corrected chi connectivity index (χ1v) is 8.83. The third-order valence-corrected chi connectivity index (χ3v) is 5.57. The number of nitrogens with zero attached hydrogens (tertiary/aromatic N) is 3. The summed E-state index contributed by atoms with van der Waals surface area (Å²) < 4.78 is 6.71. The fourth-order valence-electron chi connectivity index (χ4n) is 4.19. The van der Waals surface area contributed by atoms with E-state index in [9.17, 15) is 0 Å². The molecule has 4 nitrogen and oxygen atoms in total. The molecular formula is C20H25N3O. The SMILES string of the molecule is CC(C)N1CCCC(C)(C)C12C=Nc1c(ccc3ncccc13)O2. The maximum absolute atomic E-state index is 6.71. The lowest BCUT2D eigenvalue weighted by atomic mass is 9.72. The van der Waals surface area contributed by atoms with Crippen molar-refractivity contribution in [2.45, 2.75) is 52.3 Å². The molecule has 0 radical (unpaired) electrons. The average Bonchev–Trinajstić information content (AvgIpc) is 2.56. The van der Waals surface area contributed by atoms with Crippen LogP contribution < -0.4 is 4.74 Å². The van der Waals surface area contributed by atoms with Crippen molar-refractivity contribution in [1.29, 1.82) is 0 Å². The topological polar surface area (TPSA) is 37.7 Å². The predicted molar refractivity (Wildman–Crippen MR) is 98.1 cm³/mol. The molecule has 1 aromatic heterocycles. The predicted octanol–water partition coefficient (Wildman–Crippen LogP) is 4.56. The zero-order chi connectivity index (χ0) is 16.9. The lowest BCUT2D eigenvalue weighted by Crippen LogP contribution is -2.68. The van der Waals surface area contributed by atoms with E-state index in [2.05, 4.69) is 43.6 Å². The van der Waals surface area contributed by atoms with Crippen molar-refractivity contribution in [3.8, 4) is 5.75 Å². The summed E-state index contributed by atoms with van der Waals surface area (Å²) in [6.45, 7) is 10.1. The van der Waals surface area contributed by atoms with Crippen molar-refractivity contribution >= 4 is 22.8 Å². The van der Waals surface area contributed by atoms with E-state index in [-0.39, 0.29) is 5.41 Å². The van der Waals surface area contributed by atoms with Crippen LogP contribution in [0.1, 0.15) is 40.5 Å². The average molecular weight is 323 g/mol. The minimum atomic E-state index is -0.484. The molecule has 1 spiro atoms. The minimum Gasteiger partial charge on any atom is -0.464 e. The summed E-state index contributed by atoms with van der Waals surface area (Å²) in [7, 11) is 0. The molecule has 0 amide bonds. The summed E-state index contributed by atoms with van der Waals surface area (Å²) in [5.41, 5.74) is 1.37. The van der Waals surface area contributed by atoms with Crippen molar-refractivity contribution in [3.05, 3.63) is 30.5 Å². The van der Waals surface area contributed by atoms with Gasteiger partial charge in [-0.2, -0.15) is 0 Å². The standard InChI is InChI=1S/C20H25N3O/c1-14(2)23-12-6-10-19(3,4)20(23)13-22-18-15-7-5-11-21-16(15)8-9-17(18)24-20/h5,7-9,11,13-14H,6,10,12H2,1-4H3. The Labute approximate surface area is 143 Å². The Hall–Kier alpha value is -1.94. The molecule has 3 heterocycles. The van der Waals surface area contributed by atoms with Gasteiger partial charge in [-0.1, -0.05) is 13.8 Å². The van der Waals surface area contributed by atoms with Crippen molar-refractivity contribution in [2.24, 2.45) is 10.4 Å². The highest BCUT2D eigenvalue weighted by molar-refractivity contribution is 5.96. The van der Waals surface area contributed by atoms with Crippen LogP contribution in [0.2, 0.25) is 0 Å². The number of likely N-dealkylation sites (tertiary alicyclic amines) is 1. The van der Waals surface area contributed by atoms with E-state index in [1.54, 1.807) is 0 Å². The third-order valence-electron chi connectivity index (χ3n) is 5.57. The highest BCUT2D eigenvalue weighted by Gasteiger charge is 2.55. The maximum Gasteiger partial charge on any atom is 0.205 e. The van der Waals surface area contributed by atoms with Crippen molar-refractivity contribution in [1.82, 2.24) is 9.88 Å². The Morgan fingerprint density at radius 3 is 2.83 bits per heavy atom. The lowest BCUT2D eigenvalue weighted by molar-refractivity contribution is -0.147. The van der Waals surface area contributed by atoms with Gasteiger partial charge in [-0.15, -0.1) is 0 Å². The number of hydrogen-bond donors (Lipinski definition) is 0. The first-order valence-electron chi connectivity index (χ1n) is 8.83. The Balaban J connectivity index is 1.87. The molecule has 2 aliphatic rings. The van der Waals surface area contributed by atoms with Crippen LogP contribution in [0, 0.1) is 5.41 Å². The van der Waals surface area contributed by atoms with E-state index in [4.69, 9.17) is 9.73 Å². The molecule has 2 aliphatic heterocycles. The number of pyridine rings is 1. The molecule has 0 bridgehead atoms. The Morgan fingerprint density at radius 2 is 2.04 bits per heavy atom. The van der Waals surface area contributed by atoms with Crippen molar-refractivity contribution < 1.29 is 4.74 Å². The fourth-order valence-corrected chi connectivity index (χ4v) is 4.19. The van der Waals surface area contributed by atoms with Gasteiger partial charge in [0, 0.05) is 29.6 Å². The second-order valence-corrected chi connectivity index (χ2v) is 7.81. The molecule has 4 heteroatoms. The zero-order valence-electron chi connectivity index (χ0n) is 14.9. The number of aromatic nitrogens is 1. The van der Waals surface area contributed by atoms with Crippen LogP contribution in [-0.2, 0) is 0 Å². The van der Waals surface area contributed by atoms with Crippen molar-refractivity contribution in [2.75, 3.05) is 6.54 Å². The number of hydrogen-bond acceptors (Lipinski definition) is 4. The highest BCUT2D eigenvalue weighted by Crippen LogP contribution is 2.50. The van der Waals surface area contributed by atoms with E-state index >= 15 is 0 Å². The highest BCUT2D eigenvalue weighted by atomic mass is 16.5. The van der Waals surface area contributed by atoms with Gasteiger partial charge < -0.3 is 4.74 Å². The third kappa shape index (κ3) is 2.09. The summed E-state index contributed by atoms with van der Waals surface area (Å²) in [5, 5.41) is 1.05. The lowest BCUT2D eigenvalue weighted by Gasteiger charge is -2.56. The number of ether oxygens (including phenoxy) is 1. The molecular weight excluding hydrogens is 298 g/mol. The van der Waals surface area contributed by atoms with Gasteiger partial charge in [0.05, 0.1) is 11.7 Å². The molecule has 1 aromatic carbocycles. The van der Waals surface area contributed by atoms with E-state index in [1.807, 2.05) is 30.6 Å². The van der Waals surface area contributed by atoms with Gasteiger partial charge in [0.1, 0.15) is 11.4 Å². The van der Waals surface area contributed by atoms with Gasteiger partial charge in [-0.05, 0) is 51.0 Å². The van der Waals surface area contributed by atoms with Gasteiger partial charge in [-0.3, -0.25) is 14.9 Å². The number of rotatable bonds is 1. The second-order valence-electron chi connectivity index (χ2n) is 7.81. The fraction of sp³-hybridized carbons (Fsp3) is 0.500. The molecule has 0 saturated carbocycles. The molecule has 0 aliphatic carbocycles. The number of fused-ring (bicyclic) bond motifs is 3. The molecule has 2 aromatic rings. The molecule has 4 rings (SSSR count). The number of benzene rings is 1. The molecule has 1 saturated heterocycles. The minimum absolute atomic E-state index is 0.000600. The van der Waals surface area contributed by atoms with Gasteiger partial charge in [0.2, 0.25) is 5.72 Å². The maximum atomic E-state index is 6.71. The van der Waals surface area contributed by atoms with Crippen LogP contribution in [0.3, 0.4) is 0 Å². The van der Waals surface area contributed by atoms with Gasteiger partial charge in [-0.25, -0.2) is 0 Å². The van der Waals surface area contributed by atoms with E-state index < -0.39 is 5.72 Å². The second kappa shape index (κ2) is 5.28. The first-order chi connectivity index (χ1) is 11.4. The van der Waals surface area contributed by atoms with Crippen LogP contribution in [0.5, 0.6) is 5.75 Å². The van der Waals surface area contributed by atoms with E-state index in [0.29, 0.717) is 6.04 Å². The van der Waals surface area contributed by atoms with E-state index in [1.165, 1.54) is 6.42 Å². The number of piperidine rings is 1. The molecule has 0 N–H and O–H groups in total. The Kier molecular flexibility index (Phi) is 3.43. The Bertz CT molecular complexity index is 812. The summed E-state index contributed by atoms with van der Waals surface area (Å²) in [6.07, 6.45) is 6.18. The van der Waals surface area contributed by atoms with Gasteiger partial charge in [0.15, 0.2) is 0 Å². The Morgan fingerprint density at radius 1 is 1.21 bits per heavy atom. The molecule has 1 atom stereocenters. The summed E-state index contributed by atoms with van der Waals surface area (Å²) >= 11 is 0. The molecule has 126 valence electrons. The normalized spacial score (nSPS) is 25.9. The van der Waals surface area contributed by atoms with E-state index in [0.717, 1.165) is 35.3 Å². The smallest absolute Gasteiger partial charge is 0.205 e. The van der Waals surface area contributed by atoms with Crippen molar-refractivity contribution in [3.63, 3.8) is 0 Å². The summed E-state index contributed by atoms with van der Waals surface area (Å²) in [5.74, 6) is 0.860. The molecule has 1 fully saturated rings. The summed E-state index contributed by atoms with van der Waals surface area (Å²) in [6, 6.07) is 8.46. The number of aliphatic imine (C=N–C) groups is 1. The molecule has 24 heavy (non-hydrogen) atoms.